The quantitative estimate of drug-likeness (QED) is 0.522. The van der Waals surface area contributed by atoms with Gasteiger partial charge in [0, 0.05) is 17.3 Å². The van der Waals surface area contributed by atoms with E-state index in [1.54, 1.807) is 18.3 Å². The summed E-state index contributed by atoms with van der Waals surface area (Å²) in [7, 11) is 0. The molecule has 0 amide bonds. The number of rotatable bonds is 5. The van der Waals surface area contributed by atoms with Crippen LogP contribution in [0.25, 0.3) is 11.4 Å². The number of hydrogen-bond acceptors (Lipinski definition) is 6. The molecule has 0 N–H and O–H groups in total. The lowest BCUT2D eigenvalue weighted by molar-refractivity contribution is -0.146. The van der Waals surface area contributed by atoms with Gasteiger partial charge in [0.05, 0.1) is 0 Å². The van der Waals surface area contributed by atoms with Crippen LogP contribution in [0.4, 0.5) is 0 Å². The van der Waals surface area contributed by atoms with Gasteiger partial charge in [-0.15, -0.1) is 10.2 Å². The number of halogens is 1. The fourth-order valence-corrected chi connectivity index (χ4v) is 2.06. The van der Waals surface area contributed by atoms with E-state index >= 15 is 0 Å². The Bertz CT molecular complexity index is 830. The largest absolute Gasteiger partial charge is 0.459 e. The summed E-state index contributed by atoms with van der Waals surface area (Å²) in [6.07, 6.45) is 1.55. The molecule has 0 radical (unpaired) electrons. The lowest BCUT2D eigenvalue weighted by atomic mass is 10.1. The molecular formula is C16H14ClN5O2. The Morgan fingerprint density at radius 1 is 1.21 bits per heavy atom. The van der Waals surface area contributed by atoms with E-state index in [1.807, 2.05) is 31.2 Å². The Labute approximate surface area is 143 Å². The Morgan fingerprint density at radius 2 is 2.00 bits per heavy atom. The molecule has 0 aliphatic carbocycles. The molecule has 0 saturated carbocycles. The maximum absolute atomic E-state index is 11.8. The molecule has 3 aromatic rings. The highest BCUT2D eigenvalue weighted by molar-refractivity contribution is 6.29. The molecule has 2 heterocycles. The van der Waals surface area contributed by atoms with Gasteiger partial charge < -0.3 is 4.74 Å². The van der Waals surface area contributed by atoms with E-state index in [4.69, 9.17) is 16.3 Å². The van der Waals surface area contributed by atoms with Crippen molar-refractivity contribution < 1.29 is 9.53 Å². The van der Waals surface area contributed by atoms with Gasteiger partial charge in [0.2, 0.25) is 5.82 Å². The Kier molecular flexibility index (Phi) is 4.81. The molecule has 24 heavy (non-hydrogen) atoms. The Morgan fingerprint density at radius 3 is 2.71 bits per heavy atom. The fraction of sp³-hybridized carbons (Fsp3) is 0.188. The molecule has 122 valence electrons. The molecule has 0 unspecified atom stereocenters. The first-order valence-electron chi connectivity index (χ1n) is 7.21. The van der Waals surface area contributed by atoms with Gasteiger partial charge in [-0.3, -0.25) is 0 Å². The van der Waals surface area contributed by atoms with Gasteiger partial charge >= 0.3 is 5.97 Å². The monoisotopic (exact) mass is 343 g/mol. The lowest BCUT2D eigenvalue weighted by Crippen LogP contribution is -2.15. The van der Waals surface area contributed by atoms with E-state index in [1.165, 1.54) is 4.80 Å². The van der Waals surface area contributed by atoms with Gasteiger partial charge in [-0.2, -0.15) is 4.80 Å². The number of hydrogen-bond donors (Lipinski definition) is 0. The topological polar surface area (TPSA) is 82.8 Å². The fourth-order valence-electron chi connectivity index (χ4n) is 1.95. The molecular weight excluding hydrogens is 330 g/mol. The standard InChI is InChI=1S/C16H14ClN5O2/c1-11-2-5-13(6-3-11)16-19-21-22(20-16)9-15(23)24-10-12-4-7-14(17)18-8-12/h2-8H,9-10H2,1H3. The predicted octanol–water partition coefficient (Wildman–Crippen LogP) is 2.44. The molecule has 1 aromatic carbocycles. The first kappa shape index (κ1) is 16.1. The maximum Gasteiger partial charge on any atom is 0.330 e. The van der Waals surface area contributed by atoms with E-state index in [0.29, 0.717) is 11.0 Å². The number of esters is 1. The number of tetrazole rings is 1. The second-order valence-electron chi connectivity index (χ2n) is 5.16. The molecule has 7 nitrogen and oxygen atoms in total. The average Bonchev–Trinajstić information content (AvgIpc) is 3.03. The van der Waals surface area contributed by atoms with Crippen LogP contribution in [0.3, 0.4) is 0 Å². The predicted molar refractivity (Wildman–Crippen MR) is 87.0 cm³/mol. The van der Waals surface area contributed by atoms with Crippen LogP contribution in [0, 0.1) is 6.92 Å². The van der Waals surface area contributed by atoms with Gasteiger partial charge in [-0.25, -0.2) is 9.78 Å². The van der Waals surface area contributed by atoms with Crippen molar-refractivity contribution in [1.82, 2.24) is 25.2 Å². The van der Waals surface area contributed by atoms with Crippen LogP contribution in [0.1, 0.15) is 11.1 Å². The van der Waals surface area contributed by atoms with Crippen molar-refractivity contribution in [2.45, 2.75) is 20.1 Å². The Balaban J connectivity index is 1.57. The minimum Gasteiger partial charge on any atom is -0.459 e. The van der Waals surface area contributed by atoms with Crippen molar-refractivity contribution in [3.8, 4) is 11.4 Å². The Hall–Kier alpha value is -2.80. The van der Waals surface area contributed by atoms with Crippen molar-refractivity contribution in [3.05, 3.63) is 58.9 Å². The zero-order chi connectivity index (χ0) is 16.9. The van der Waals surface area contributed by atoms with Gasteiger partial charge in [0.15, 0.2) is 6.54 Å². The third-order valence-electron chi connectivity index (χ3n) is 3.22. The van der Waals surface area contributed by atoms with Crippen molar-refractivity contribution in [3.63, 3.8) is 0 Å². The van der Waals surface area contributed by atoms with Crippen LogP contribution >= 0.6 is 11.6 Å². The van der Waals surface area contributed by atoms with Crippen LogP contribution in [0.5, 0.6) is 0 Å². The number of ether oxygens (including phenoxy) is 1. The number of pyridine rings is 1. The summed E-state index contributed by atoms with van der Waals surface area (Å²) in [4.78, 5) is 17.0. The number of nitrogens with zero attached hydrogens (tertiary/aromatic N) is 5. The lowest BCUT2D eigenvalue weighted by Gasteiger charge is -2.03. The van der Waals surface area contributed by atoms with E-state index in [-0.39, 0.29) is 13.2 Å². The number of carbonyl (C=O) groups is 1. The smallest absolute Gasteiger partial charge is 0.330 e. The molecule has 0 spiro atoms. The summed E-state index contributed by atoms with van der Waals surface area (Å²) < 4.78 is 5.15. The molecule has 0 saturated heterocycles. The number of benzene rings is 1. The highest BCUT2D eigenvalue weighted by Gasteiger charge is 2.10. The second-order valence-corrected chi connectivity index (χ2v) is 5.55. The van der Waals surface area contributed by atoms with Gasteiger partial charge in [0.25, 0.3) is 0 Å². The summed E-state index contributed by atoms with van der Waals surface area (Å²) in [5.74, 6) is 0.00232. The van der Waals surface area contributed by atoms with Crippen molar-refractivity contribution >= 4 is 17.6 Å². The summed E-state index contributed by atoms with van der Waals surface area (Å²) in [6.45, 7) is 2.00. The highest BCUT2D eigenvalue weighted by Crippen LogP contribution is 2.14. The van der Waals surface area contributed by atoms with E-state index in [2.05, 4.69) is 20.4 Å². The molecule has 0 atom stereocenters. The SMILES string of the molecule is Cc1ccc(-c2nnn(CC(=O)OCc3ccc(Cl)nc3)n2)cc1. The van der Waals surface area contributed by atoms with Crippen LogP contribution in [-0.4, -0.2) is 31.2 Å². The molecule has 0 bridgehead atoms. The van der Waals surface area contributed by atoms with E-state index < -0.39 is 5.97 Å². The highest BCUT2D eigenvalue weighted by atomic mass is 35.5. The van der Waals surface area contributed by atoms with Crippen LogP contribution in [-0.2, 0) is 22.7 Å². The van der Waals surface area contributed by atoms with Crippen molar-refractivity contribution in [2.24, 2.45) is 0 Å². The number of aryl methyl sites for hydroxylation is 1. The van der Waals surface area contributed by atoms with Crippen LogP contribution in [0.2, 0.25) is 5.15 Å². The zero-order valence-corrected chi connectivity index (χ0v) is 13.6. The first-order chi connectivity index (χ1) is 11.6. The number of aromatic nitrogens is 5. The summed E-state index contributed by atoms with van der Waals surface area (Å²) in [5, 5.41) is 12.4. The van der Waals surface area contributed by atoms with E-state index in [9.17, 15) is 4.79 Å². The summed E-state index contributed by atoms with van der Waals surface area (Å²) in [5.41, 5.74) is 2.73. The maximum atomic E-state index is 11.8. The van der Waals surface area contributed by atoms with Gasteiger partial charge in [-0.05, 0) is 18.2 Å². The average molecular weight is 344 g/mol. The summed E-state index contributed by atoms with van der Waals surface area (Å²) in [6, 6.07) is 11.1. The van der Waals surface area contributed by atoms with Crippen LogP contribution in [0.15, 0.2) is 42.6 Å². The molecule has 3 rings (SSSR count). The van der Waals surface area contributed by atoms with Gasteiger partial charge in [-0.1, -0.05) is 47.5 Å². The second kappa shape index (κ2) is 7.18. The minimum atomic E-state index is -0.460. The van der Waals surface area contributed by atoms with E-state index in [0.717, 1.165) is 16.7 Å². The van der Waals surface area contributed by atoms with Crippen molar-refractivity contribution in [2.75, 3.05) is 0 Å². The van der Waals surface area contributed by atoms with Gasteiger partial charge in [0.1, 0.15) is 11.8 Å². The summed E-state index contributed by atoms with van der Waals surface area (Å²) >= 11 is 5.70. The van der Waals surface area contributed by atoms with Crippen LogP contribution < -0.4 is 0 Å². The zero-order valence-electron chi connectivity index (χ0n) is 12.9. The molecule has 0 aliphatic rings. The molecule has 2 aromatic heterocycles. The molecule has 0 fully saturated rings. The van der Waals surface area contributed by atoms with Crippen molar-refractivity contribution in [1.29, 1.82) is 0 Å². The minimum absolute atomic E-state index is 0.111. The normalized spacial score (nSPS) is 10.6. The molecule has 8 heteroatoms. The first-order valence-corrected chi connectivity index (χ1v) is 7.59. The third kappa shape index (κ3) is 4.14. The molecule has 0 aliphatic heterocycles. The third-order valence-corrected chi connectivity index (χ3v) is 3.45. The number of carbonyl (C=O) groups excluding carboxylic acids is 1.